The van der Waals surface area contributed by atoms with Crippen molar-refractivity contribution in [1.29, 1.82) is 0 Å². The van der Waals surface area contributed by atoms with Gasteiger partial charge in [0.25, 0.3) is 5.91 Å². The van der Waals surface area contributed by atoms with Crippen molar-refractivity contribution in [2.75, 3.05) is 20.6 Å². The Morgan fingerprint density at radius 2 is 1.84 bits per heavy atom. The Balaban J connectivity index is 1.68. The average Bonchev–Trinajstić information content (AvgIpc) is 2.79. The number of nitrogens with zero attached hydrogens (tertiary/aromatic N) is 1. The number of benzene rings is 2. The predicted octanol–water partition coefficient (Wildman–Crippen LogP) is 3.59. The van der Waals surface area contributed by atoms with Crippen molar-refractivity contribution in [3.63, 3.8) is 0 Å². The van der Waals surface area contributed by atoms with Crippen molar-refractivity contribution in [2.45, 2.75) is 42.2 Å². The van der Waals surface area contributed by atoms with E-state index >= 15 is 0 Å². The van der Waals surface area contributed by atoms with Crippen LogP contribution in [0.5, 0.6) is 0 Å². The van der Waals surface area contributed by atoms with Gasteiger partial charge in [-0.1, -0.05) is 41.9 Å². The molecule has 0 radical (unpaired) electrons. The minimum absolute atomic E-state index is 0.0717. The lowest BCUT2D eigenvalue weighted by atomic mass is 9.67. The number of rotatable bonds is 6. The lowest BCUT2D eigenvalue weighted by Gasteiger charge is -2.52. The molecular formula is C23H28ClN3O3S. The molecule has 2 aliphatic heterocycles. The normalized spacial score (nSPS) is 24.2. The molecule has 0 aromatic heterocycles. The highest BCUT2D eigenvalue weighted by Crippen LogP contribution is 2.44. The van der Waals surface area contributed by atoms with Crippen LogP contribution in [0.2, 0.25) is 5.02 Å². The summed E-state index contributed by atoms with van der Waals surface area (Å²) in [5, 5.41) is 7.01. The van der Waals surface area contributed by atoms with E-state index in [4.69, 9.17) is 11.6 Å². The Kier molecular flexibility index (Phi) is 6.14. The molecule has 31 heavy (non-hydrogen) atoms. The molecule has 2 saturated heterocycles. The van der Waals surface area contributed by atoms with Crippen molar-refractivity contribution in [3.05, 3.63) is 64.7 Å². The van der Waals surface area contributed by atoms with E-state index in [0.29, 0.717) is 5.92 Å². The lowest BCUT2D eigenvalue weighted by molar-refractivity contribution is 0.0676. The molecular weight excluding hydrogens is 434 g/mol. The molecule has 1 aliphatic carbocycles. The van der Waals surface area contributed by atoms with E-state index in [0.717, 1.165) is 42.1 Å². The predicted molar refractivity (Wildman–Crippen MR) is 122 cm³/mol. The Labute approximate surface area is 189 Å². The van der Waals surface area contributed by atoms with Gasteiger partial charge in [0.05, 0.1) is 11.1 Å². The van der Waals surface area contributed by atoms with Gasteiger partial charge in [-0.05, 0) is 61.9 Å². The molecule has 2 aromatic carbocycles. The Hall–Kier alpha value is -1.93. The molecule has 2 bridgehead atoms. The zero-order valence-corrected chi connectivity index (χ0v) is 19.3. The molecule has 8 heteroatoms. The van der Waals surface area contributed by atoms with Gasteiger partial charge in [0.15, 0.2) is 0 Å². The number of halogens is 1. The smallest absolute Gasteiger partial charge is 0.251 e. The molecule has 1 unspecified atom stereocenters. The number of carbonyl (C=O) groups is 1. The second kappa shape index (κ2) is 8.54. The highest BCUT2D eigenvalue weighted by Gasteiger charge is 2.46. The Morgan fingerprint density at radius 1 is 1.16 bits per heavy atom. The monoisotopic (exact) mass is 461 g/mol. The van der Waals surface area contributed by atoms with Crippen molar-refractivity contribution in [3.8, 4) is 0 Å². The molecule has 6 nitrogen and oxygen atoms in total. The zero-order valence-electron chi connectivity index (χ0n) is 17.8. The summed E-state index contributed by atoms with van der Waals surface area (Å²) >= 11 is 6.16. The first-order valence-electron chi connectivity index (χ1n) is 10.6. The van der Waals surface area contributed by atoms with Crippen LogP contribution >= 0.6 is 11.6 Å². The summed E-state index contributed by atoms with van der Waals surface area (Å²) in [6.45, 7) is 0.964. The maximum atomic E-state index is 13.3. The lowest BCUT2D eigenvalue weighted by Crippen LogP contribution is -2.62. The molecule has 0 spiro atoms. The van der Waals surface area contributed by atoms with Gasteiger partial charge in [-0.3, -0.25) is 4.79 Å². The minimum Gasteiger partial charge on any atom is -0.343 e. The maximum absolute atomic E-state index is 13.3. The third-order valence-electron chi connectivity index (χ3n) is 6.65. The highest BCUT2D eigenvalue weighted by molar-refractivity contribution is 7.89. The third kappa shape index (κ3) is 4.24. The highest BCUT2D eigenvalue weighted by atomic mass is 35.5. The Bertz CT molecular complexity index is 1050. The standard InChI is InChI=1S/C23H28ClN3O3S/c1-27(2)31(29,30)20-14-18(8-9-19(20)24)22(28)26-21(17-6-4-3-5-7-17)23-12-10-16(11-13-23)15-25-23/h3-9,14,16,21,25H,10-13,15H2,1-2H3,(H,26,28). The molecule has 1 atom stereocenters. The number of amides is 1. The summed E-state index contributed by atoms with van der Waals surface area (Å²) in [6.07, 6.45) is 4.30. The van der Waals surface area contributed by atoms with Crippen LogP contribution in [0.15, 0.2) is 53.4 Å². The van der Waals surface area contributed by atoms with E-state index in [1.165, 1.54) is 26.2 Å². The van der Waals surface area contributed by atoms with Gasteiger partial charge in [-0.25, -0.2) is 12.7 Å². The number of sulfonamides is 1. The summed E-state index contributed by atoms with van der Waals surface area (Å²) in [4.78, 5) is 13.2. The molecule has 1 saturated carbocycles. The van der Waals surface area contributed by atoms with Crippen LogP contribution in [-0.2, 0) is 10.0 Å². The topological polar surface area (TPSA) is 78.5 Å². The molecule has 3 aliphatic rings. The third-order valence-corrected chi connectivity index (χ3v) is 8.95. The van der Waals surface area contributed by atoms with Crippen LogP contribution < -0.4 is 10.6 Å². The minimum atomic E-state index is -3.77. The maximum Gasteiger partial charge on any atom is 0.251 e. The number of piperidine rings is 2. The second-order valence-corrected chi connectivity index (χ2v) is 11.3. The van der Waals surface area contributed by atoms with Gasteiger partial charge in [0.2, 0.25) is 10.0 Å². The van der Waals surface area contributed by atoms with Gasteiger partial charge in [-0.15, -0.1) is 0 Å². The largest absolute Gasteiger partial charge is 0.343 e. The van der Waals surface area contributed by atoms with Crippen LogP contribution in [0.3, 0.4) is 0 Å². The Morgan fingerprint density at radius 3 is 2.42 bits per heavy atom. The van der Waals surface area contributed by atoms with Crippen LogP contribution in [-0.4, -0.2) is 44.8 Å². The van der Waals surface area contributed by atoms with E-state index in [-0.39, 0.29) is 33.0 Å². The van der Waals surface area contributed by atoms with Gasteiger partial charge in [-0.2, -0.15) is 0 Å². The summed E-state index contributed by atoms with van der Waals surface area (Å²) < 4.78 is 26.3. The summed E-state index contributed by atoms with van der Waals surface area (Å²) in [7, 11) is -0.889. The number of fused-ring (bicyclic) bond motifs is 3. The van der Waals surface area contributed by atoms with Crippen LogP contribution in [0, 0.1) is 5.92 Å². The van der Waals surface area contributed by atoms with E-state index in [1.807, 2.05) is 30.3 Å². The average molecular weight is 462 g/mol. The molecule has 2 heterocycles. The first-order valence-corrected chi connectivity index (χ1v) is 12.4. The number of nitrogens with one attached hydrogen (secondary N) is 2. The van der Waals surface area contributed by atoms with E-state index in [2.05, 4.69) is 10.6 Å². The zero-order chi connectivity index (χ0) is 22.2. The fourth-order valence-electron chi connectivity index (χ4n) is 4.75. The van der Waals surface area contributed by atoms with E-state index < -0.39 is 10.0 Å². The number of carbonyl (C=O) groups excluding carboxylic acids is 1. The van der Waals surface area contributed by atoms with Crippen LogP contribution in [0.25, 0.3) is 0 Å². The first kappa shape index (κ1) is 22.3. The van der Waals surface area contributed by atoms with Crippen molar-refractivity contribution < 1.29 is 13.2 Å². The first-order chi connectivity index (χ1) is 14.7. The van der Waals surface area contributed by atoms with Crippen molar-refractivity contribution in [1.82, 2.24) is 14.9 Å². The molecule has 5 rings (SSSR count). The fraction of sp³-hybridized carbons (Fsp3) is 0.435. The van der Waals surface area contributed by atoms with Gasteiger partial charge >= 0.3 is 0 Å². The van der Waals surface area contributed by atoms with Crippen molar-refractivity contribution >= 4 is 27.5 Å². The van der Waals surface area contributed by atoms with Crippen molar-refractivity contribution in [2.24, 2.45) is 5.92 Å². The molecule has 2 aromatic rings. The molecule has 166 valence electrons. The summed E-state index contributed by atoms with van der Waals surface area (Å²) in [6, 6.07) is 14.2. The number of hydrogen-bond donors (Lipinski definition) is 2. The van der Waals surface area contributed by atoms with Crippen LogP contribution in [0.4, 0.5) is 0 Å². The fourth-order valence-corrected chi connectivity index (χ4v) is 6.15. The molecule has 3 fully saturated rings. The quantitative estimate of drug-likeness (QED) is 0.689. The summed E-state index contributed by atoms with van der Waals surface area (Å²) in [5.74, 6) is 0.397. The van der Waals surface area contributed by atoms with Gasteiger partial charge in [0.1, 0.15) is 4.90 Å². The summed E-state index contributed by atoms with van der Waals surface area (Å²) in [5.41, 5.74) is 1.11. The molecule has 2 N–H and O–H groups in total. The van der Waals surface area contributed by atoms with Gasteiger partial charge < -0.3 is 10.6 Å². The van der Waals surface area contributed by atoms with E-state index in [9.17, 15) is 13.2 Å². The molecule has 1 amide bonds. The van der Waals surface area contributed by atoms with Crippen LogP contribution in [0.1, 0.15) is 47.6 Å². The second-order valence-electron chi connectivity index (χ2n) is 8.73. The van der Waals surface area contributed by atoms with E-state index in [1.54, 1.807) is 6.07 Å². The SMILES string of the molecule is CN(C)S(=O)(=O)c1cc(C(=O)NC(c2ccccc2)C23CCC(CC2)CN3)ccc1Cl. The van der Waals surface area contributed by atoms with Gasteiger partial charge in [0, 0.05) is 25.2 Å². The number of hydrogen-bond acceptors (Lipinski definition) is 4.